The van der Waals surface area contributed by atoms with Crippen LogP contribution >= 0.6 is 12.2 Å². The Balaban J connectivity index is 2.32. The number of aliphatic imine (C=N–C) groups is 1. The van der Waals surface area contributed by atoms with E-state index in [4.69, 9.17) is 4.74 Å². The van der Waals surface area contributed by atoms with Crippen molar-refractivity contribution >= 4 is 17.4 Å². The average molecular weight is 243 g/mol. The van der Waals surface area contributed by atoms with Crippen LogP contribution in [-0.2, 0) is 10.3 Å². The Kier molecular flexibility index (Phi) is 3.64. The van der Waals surface area contributed by atoms with Crippen LogP contribution in [0.2, 0.25) is 0 Å². The number of ether oxygens (including phenoxy) is 1. The molecule has 0 spiro atoms. The van der Waals surface area contributed by atoms with Crippen LogP contribution in [0.25, 0.3) is 0 Å². The Morgan fingerprint density at radius 3 is 2.65 bits per heavy atom. The number of hydrogen-bond acceptors (Lipinski definition) is 3. The first-order valence-corrected chi connectivity index (χ1v) is 5.79. The van der Waals surface area contributed by atoms with E-state index in [9.17, 15) is 0 Å². The van der Waals surface area contributed by atoms with Crippen molar-refractivity contribution in [2.75, 3.05) is 7.11 Å². The van der Waals surface area contributed by atoms with Crippen molar-refractivity contribution in [2.45, 2.75) is 12.0 Å². The first-order valence-electron chi connectivity index (χ1n) is 5.39. The summed E-state index contributed by atoms with van der Waals surface area (Å²) in [4.78, 5) is 3.96. The van der Waals surface area contributed by atoms with Crippen molar-refractivity contribution in [3.8, 4) is 0 Å². The van der Waals surface area contributed by atoms with Crippen LogP contribution in [0.1, 0.15) is 12.0 Å². The molecule has 1 aromatic rings. The van der Waals surface area contributed by atoms with Crippen molar-refractivity contribution < 1.29 is 4.74 Å². The van der Waals surface area contributed by atoms with Crippen LogP contribution in [0, 0.1) is 0 Å². The number of nitrogens with zero attached hydrogens (tertiary/aromatic N) is 1. The van der Waals surface area contributed by atoms with Gasteiger partial charge in [-0.25, -0.2) is 0 Å². The zero-order valence-corrected chi connectivity index (χ0v) is 10.4. The topological polar surface area (TPSA) is 21.6 Å². The Labute approximate surface area is 106 Å². The molecule has 0 aromatic heterocycles. The van der Waals surface area contributed by atoms with E-state index in [-0.39, 0.29) is 5.60 Å². The van der Waals surface area contributed by atoms with Crippen LogP contribution in [0.15, 0.2) is 59.2 Å². The van der Waals surface area contributed by atoms with Gasteiger partial charge in [-0.05, 0) is 29.9 Å². The van der Waals surface area contributed by atoms with Gasteiger partial charge in [0.05, 0.1) is 10.9 Å². The van der Waals surface area contributed by atoms with E-state index < -0.39 is 0 Å². The first kappa shape index (κ1) is 11.9. The van der Waals surface area contributed by atoms with Crippen molar-refractivity contribution in [2.24, 2.45) is 4.99 Å². The number of rotatable bonds is 3. The molecule has 0 amide bonds. The molecule has 17 heavy (non-hydrogen) atoms. The molecule has 0 fully saturated rings. The monoisotopic (exact) mass is 243 g/mol. The van der Waals surface area contributed by atoms with Gasteiger partial charge in [-0.3, -0.25) is 0 Å². The first-order chi connectivity index (χ1) is 8.30. The van der Waals surface area contributed by atoms with Gasteiger partial charge in [0.2, 0.25) is 0 Å². The standard InChI is InChI=1S/C14H13NOS/c1-16-14(12-5-3-2-4-6-12)9-7-13(8-10-14)15-11-17/h2-9H,10H2,1H3. The highest BCUT2D eigenvalue weighted by Gasteiger charge is 2.29. The van der Waals surface area contributed by atoms with Crippen molar-refractivity contribution in [1.82, 2.24) is 0 Å². The third kappa shape index (κ3) is 2.42. The van der Waals surface area contributed by atoms with Crippen LogP contribution in [-0.4, -0.2) is 12.3 Å². The molecule has 1 aliphatic rings. The molecule has 0 radical (unpaired) electrons. The summed E-state index contributed by atoms with van der Waals surface area (Å²) in [5.74, 6) is 0. The van der Waals surface area contributed by atoms with Crippen molar-refractivity contribution in [1.29, 1.82) is 0 Å². The Bertz CT molecular complexity index is 500. The third-order valence-electron chi connectivity index (χ3n) is 2.94. The van der Waals surface area contributed by atoms with E-state index in [1.807, 2.05) is 36.4 Å². The van der Waals surface area contributed by atoms with Gasteiger partial charge in [0.25, 0.3) is 0 Å². The van der Waals surface area contributed by atoms with Gasteiger partial charge in [-0.15, -0.1) is 0 Å². The number of allylic oxidation sites excluding steroid dienone is 1. The number of methoxy groups -OCH3 is 1. The molecule has 86 valence electrons. The van der Waals surface area contributed by atoms with Gasteiger partial charge in [-0.2, -0.15) is 4.99 Å². The molecular weight excluding hydrogens is 230 g/mol. The molecule has 1 atom stereocenters. The highest BCUT2D eigenvalue weighted by atomic mass is 32.1. The summed E-state index contributed by atoms with van der Waals surface area (Å²) in [5.41, 5.74) is 1.59. The Morgan fingerprint density at radius 2 is 2.12 bits per heavy atom. The minimum atomic E-state index is -0.387. The number of hydrogen-bond donors (Lipinski definition) is 0. The van der Waals surface area contributed by atoms with Gasteiger partial charge >= 0.3 is 0 Å². The predicted octanol–water partition coefficient (Wildman–Crippen LogP) is 3.47. The summed E-state index contributed by atoms with van der Waals surface area (Å²) in [6, 6.07) is 10.2. The fraction of sp³-hybridized carbons (Fsp3) is 0.214. The number of isothiocyanates is 1. The van der Waals surface area contributed by atoms with E-state index in [0.29, 0.717) is 0 Å². The summed E-state index contributed by atoms with van der Waals surface area (Å²) < 4.78 is 5.67. The smallest absolute Gasteiger partial charge is 0.115 e. The second kappa shape index (κ2) is 5.19. The van der Waals surface area contributed by atoms with Crippen LogP contribution in [0.4, 0.5) is 0 Å². The maximum atomic E-state index is 5.67. The van der Waals surface area contributed by atoms with E-state index >= 15 is 0 Å². The summed E-state index contributed by atoms with van der Waals surface area (Å²) in [7, 11) is 1.72. The van der Waals surface area contributed by atoms with Gasteiger partial charge in [0.15, 0.2) is 0 Å². The average Bonchev–Trinajstić information content (AvgIpc) is 2.41. The molecule has 0 saturated heterocycles. The zero-order chi connectivity index (χ0) is 12.1. The molecule has 0 bridgehead atoms. The molecule has 0 aliphatic heterocycles. The minimum Gasteiger partial charge on any atom is -0.369 e. The van der Waals surface area contributed by atoms with E-state index in [0.717, 1.165) is 17.7 Å². The molecule has 1 aliphatic carbocycles. The molecule has 1 unspecified atom stereocenters. The molecule has 3 heteroatoms. The van der Waals surface area contributed by atoms with Crippen LogP contribution in [0.3, 0.4) is 0 Å². The number of benzene rings is 1. The lowest BCUT2D eigenvalue weighted by molar-refractivity contribution is 0.0304. The SMILES string of the molecule is COC1(c2ccccc2)C=CC(N=C=S)=CC1. The summed E-state index contributed by atoms with van der Waals surface area (Å²) in [6.07, 6.45) is 6.70. The van der Waals surface area contributed by atoms with E-state index in [2.05, 4.69) is 34.5 Å². The Hall–Kier alpha value is -1.54. The van der Waals surface area contributed by atoms with E-state index in [1.165, 1.54) is 0 Å². The largest absolute Gasteiger partial charge is 0.369 e. The summed E-state index contributed by atoms with van der Waals surface area (Å²) >= 11 is 4.59. The van der Waals surface area contributed by atoms with E-state index in [1.54, 1.807) is 7.11 Å². The summed E-state index contributed by atoms with van der Waals surface area (Å²) in [6.45, 7) is 0. The lowest BCUT2D eigenvalue weighted by Gasteiger charge is -2.30. The second-order valence-corrected chi connectivity index (χ2v) is 4.01. The van der Waals surface area contributed by atoms with Crippen LogP contribution < -0.4 is 0 Å². The predicted molar refractivity (Wildman–Crippen MR) is 72.0 cm³/mol. The highest BCUT2D eigenvalue weighted by Crippen LogP contribution is 2.34. The van der Waals surface area contributed by atoms with Gasteiger partial charge in [0.1, 0.15) is 5.60 Å². The Morgan fingerprint density at radius 1 is 1.35 bits per heavy atom. The van der Waals surface area contributed by atoms with Gasteiger partial charge < -0.3 is 4.74 Å². The molecule has 2 rings (SSSR count). The normalized spacial score (nSPS) is 22.8. The minimum absolute atomic E-state index is 0.387. The maximum absolute atomic E-state index is 5.67. The second-order valence-electron chi connectivity index (χ2n) is 3.83. The fourth-order valence-electron chi connectivity index (χ4n) is 1.95. The molecule has 0 heterocycles. The molecule has 1 aromatic carbocycles. The van der Waals surface area contributed by atoms with Crippen LogP contribution in [0.5, 0.6) is 0 Å². The third-order valence-corrected chi connectivity index (χ3v) is 3.03. The lowest BCUT2D eigenvalue weighted by atomic mass is 9.86. The van der Waals surface area contributed by atoms with Gasteiger partial charge in [0, 0.05) is 13.5 Å². The molecule has 0 saturated carbocycles. The lowest BCUT2D eigenvalue weighted by Crippen LogP contribution is -2.26. The number of thiocarbonyl (C=S) groups is 1. The van der Waals surface area contributed by atoms with Crippen molar-refractivity contribution in [3.05, 3.63) is 59.8 Å². The molecule has 0 N–H and O–H groups in total. The highest BCUT2D eigenvalue weighted by molar-refractivity contribution is 7.78. The zero-order valence-electron chi connectivity index (χ0n) is 9.59. The quantitative estimate of drug-likeness (QED) is 0.599. The van der Waals surface area contributed by atoms with Gasteiger partial charge in [-0.1, -0.05) is 36.4 Å². The van der Waals surface area contributed by atoms with Crippen molar-refractivity contribution in [3.63, 3.8) is 0 Å². The summed E-state index contributed by atoms with van der Waals surface area (Å²) in [5, 5.41) is 2.37. The maximum Gasteiger partial charge on any atom is 0.115 e. The molecular formula is C14H13NOS. The molecule has 2 nitrogen and oxygen atoms in total. The fourth-order valence-corrected chi connectivity index (χ4v) is 2.06.